The quantitative estimate of drug-likeness (QED) is 0.382. The van der Waals surface area contributed by atoms with Crippen molar-refractivity contribution in [2.75, 3.05) is 20.1 Å². The van der Waals surface area contributed by atoms with Gasteiger partial charge in [-0.05, 0) is 12.3 Å². The van der Waals surface area contributed by atoms with Crippen LogP contribution in [-0.4, -0.2) is 31.1 Å². The molecule has 0 unspecified atom stereocenters. The van der Waals surface area contributed by atoms with E-state index in [0.29, 0.717) is 0 Å². The number of aromatic nitrogens is 1. The van der Waals surface area contributed by atoms with Crippen molar-refractivity contribution in [1.82, 2.24) is 15.6 Å². The van der Waals surface area contributed by atoms with Crippen LogP contribution < -0.4 is 10.6 Å². The molecule has 0 spiro atoms. The van der Waals surface area contributed by atoms with Crippen LogP contribution in [0.15, 0.2) is 10.4 Å². The minimum absolute atomic E-state index is 0. The minimum Gasteiger partial charge on any atom is -0.356 e. The summed E-state index contributed by atoms with van der Waals surface area (Å²) in [7, 11) is 1.82. The smallest absolute Gasteiger partial charge is 0.190 e. The van der Waals surface area contributed by atoms with Crippen molar-refractivity contribution in [2.45, 2.75) is 46.5 Å². The van der Waals surface area contributed by atoms with E-state index >= 15 is 0 Å². The third-order valence-corrected chi connectivity index (χ3v) is 4.55. The van der Waals surface area contributed by atoms with Gasteiger partial charge in [0.15, 0.2) is 5.96 Å². The Hall–Kier alpha value is -0.370. The lowest BCUT2D eigenvalue weighted by atomic mass is 10.0. The van der Waals surface area contributed by atoms with Gasteiger partial charge in [-0.3, -0.25) is 4.99 Å². The summed E-state index contributed by atoms with van der Waals surface area (Å²) in [5, 5.41) is 10.1. The summed E-state index contributed by atoms with van der Waals surface area (Å²) < 4.78 is 0. The molecule has 0 fully saturated rings. The molecule has 0 aliphatic rings. The number of hydrogen-bond acceptors (Lipinski definition) is 3. The minimum atomic E-state index is 0. The second-order valence-electron chi connectivity index (χ2n) is 4.90. The molecule has 1 aromatic heterocycles. The van der Waals surface area contributed by atoms with E-state index < -0.39 is 0 Å². The SMILES string of the molecule is CCc1nc(CCNC(=NC)NCC(CC)CC)cs1.I. The third kappa shape index (κ3) is 7.99. The Morgan fingerprint density at radius 2 is 2.00 bits per heavy atom. The standard InChI is InChI=1S/C15H28N4S.HI/c1-5-12(6-2)10-18-15(16-4)17-9-8-13-11-20-14(7-3)19-13;/h11-12H,5-10H2,1-4H3,(H2,16,17,18);1H. The van der Waals surface area contributed by atoms with Crippen molar-refractivity contribution in [3.8, 4) is 0 Å². The van der Waals surface area contributed by atoms with Gasteiger partial charge in [0.2, 0.25) is 0 Å². The zero-order valence-electron chi connectivity index (χ0n) is 13.6. The van der Waals surface area contributed by atoms with Crippen molar-refractivity contribution in [3.63, 3.8) is 0 Å². The van der Waals surface area contributed by atoms with Gasteiger partial charge in [-0.15, -0.1) is 35.3 Å². The molecule has 0 amide bonds. The summed E-state index contributed by atoms with van der Waals surface area (Å²) in [6, 6.07) is 0. The Morgan fingerprint density at radius 1 is 1.29 bits per heavy atom. The second kappa shape index (κ2) is 12.2. The van der Waals surface area contributed by atoms with E-state index in [9.17, 15) is 0 Å². The predicted molar refractivity (Wildman–Crippen MR) is 104 cm³/mol. The Balaban J connectivity index is 0.00000400. The van der Waals surface area contributed by atoms with E-state index in [1.807, 2.05) is 7.05 Å². The average molecular weight is 424 g/mol. The molecule has 1 heterocycles. The molecule has 0 saturated carbocycles. The maximum absolute atomic E-state index is 4.57. The molecule has 1 aromatic rings. The summed E-state index contributed by atoms with van der Waals surface area (Å²) in [5.74, 6) is 1.61. The van der Waals surface area contributed by atoms with Crippen LogP contribution in [0, 0.1) is 5.92 Å². The molecule has 6 heteroatoms. The topological polar surface area (TPSA) is 49.3 Å². The van der Waals surface area contributed by atoms with E-state index in [2.05, 4.69) is 46.8 Å². The number of thiazole rings is 1. The van der Waals surface area contributed by atoms with Crippen LogP contribution in [0.5, 0.6) is 0 Å². The number of halogens is 1. The summed E-state index contributed by atoms with van der Waals surface area (Å²) in [4.78, 5) is 8.83. The summed E-state index contributed by atoms with van der Waals surface area (Å²) in [5.41, 5.74) is 1.18. The number of nitrogens with zero attached hydrogens (tertiary/aromatic N) is 2. The zero-order chi connectivity index (χ0) is 14.8. The second-order valence-corrected chi connectivity index (χ2v) is 5.84. The summed E-state index contributed by atoms with van der Waals surface area (Å²) >= 11 is 1.75. The first-order chi connectivity index (χ1) is 9.73. The summed E-state index contributed by atoms with van der Waals surface area (Å²) in [6.45, 7) is 8.47. The van der Waals surface area contributed by atoms with Crippen molar-refractivity contribution >= 4 is 41.3 Å². The molecule has 0 radical (unpaired) electrons. The van der Waals surface area contributed by atoms with E-state index in [1.165, 1.54) is 23.5 Å². The molecule has 0 aliphatic carbocycles. The van der Waals surface area contributed by atoms with E-state index in [1.54, 1.807) is 11.3 Å². The molecule has 0 atom stereocenters. The largest absolute Gasteiger partial charge is 0.356 e. The lowest BCUT2D eigenvalue weighted by Crippen LogP contribution is -2.40. The maximum atomic E-state index is 4.57. The monoisotopic (exact) mass is 424 g/mol. The highest BCUT2D eigenvalue weighted by Gasteiger charge is 2.05. The zero-order valence-corrected chi connectivity index (χ0v) is 16.8. The van der Waals surface area contributed by atoms with Crippen LogP contribution in [0.3, 0.4) is 0 Å². The number of guanidine groups is 1. The van der Waals surface area contributed by atoms with Crippen LogP contribution in [0.4, 0.5) is 0 Å². The van der Waals surface area contributed by atoms with Gasteiger partial charge in [0.1, 0.15) is 0 Å². The van der Waals surface area contributed by atoms with E-state index in [-0.39, 0.29) is 24.0 Å². The van der Waals surface area contributed by atoms with Crippen LogP contribution in [0.25, 0.3) is 0 Å². The molecular weight excluding hydrogens is 395 g/mol. The van der Waals surface area contributed by atoms with Gasteiger partial charge in [0.05, 0.1) is 10.7 Å². The van der Waals surface area contributed by atoms with Crippen molar-refractivity contribution in [3.05, 3.63) is 16.1 Å². The first-order valence-electron chi connectivity index (χ1n) is 7.61. The van der Waals surface area contributed by atoms with Gasteiger partial charge in [0.25, 0.3) is 0 Å². The van der Waals surface area contributed by atoms with Gasteiger partial charge < -0.3 is 10.6 Å². The molecule has 1 rings (SSSR count). The van der Waals surface area contributed by atoms with Gasteiger partial charge >= 0.3 is 0 Å². The first kappa shape index (κ1) is 20.6. The van der Waals surface area contributed by atoms with Crippen LogP contribution in [0.2, 0.25) is 0 Å². The molecule has 0 aliphatic heterocycles. The van der Waals surface area contributed by atoms with E-state index in [0.717, 1.165) is 37.8 Å². The fourth-order valence-electron chi connectivity index (χ4n) is 1.97. The van der Waals surface area contributed by atoms with Gasteiger partial charge in [-0.25, -0.2) is 4.98 Å². The van der Waals surface area contributed by atoms with Crippen LogP contribution in [-0.2, 0) is 12.8 Å². The Bertz CT molecular complexity index is 402. The Labute approximate surface area is 150 Å². The molecule has 4 nitrogen and oxygen atoms in total. The van der Waals surface area contributed by atoms with E-state index in [4.69, 9.17) is 0 Å². The molecule has 122 valence electrons. The number of rotatable bonds is 8. The third-order valence-electron chi connectivity index (χ3n) is 3.51. The molecule has 21 heavy (non-hydrogen) atoms. The molecule has 0 bridgehead atoms. The van der Waals surface area contributed by atoms with Crippen LogP contribution >= 0.6 is 35.3 Å². The van der Waals surface area contributed by atoms with Crippen molar-refractivity contribution in [2.24, 2.45) is 10.9 Å². The lowest BCUT2D eigenvalue weighted by molar-refractivity contribution is 0.481. The Morgan fingerprint density at radius 3 is 2.52 bits per heavy atom. The number of nitrogens with one attached hydrogen (secondary N) is 2. The number of hydrogen-bond donors (Lipinski definition) is 2. The lowest BCUT2D eigenvalue weighted by Gasteiger charge is -2.16. The molecule has 0 aromatic carbocycles. The van der Waals surface area contributed by atoms with Gasteiger partial charge in [-0.1, -0.05) is 33.6 Å². The van der Waals surface area contributed by atoms with Crippen molar-refractivity contribution < 1.29 is 0 Å². The maximum Gasteiger partial charge on any atom is 0.190 e. The molecule has 0 saturated heterocycles. The Kier molecular flexibility index (Phi) is 12.0. The number of aliphatic imine (C=N–C) groups is 1. The van der Waals surface area contributed by atoms with Crippen LogP contribution in [0.1, 0.15) is 44.3 Å². The van der Waals surface area contributed by atoms with Gasteiger partial charge in [-0.2, -0.15) is 0 Å². The normalized spacial score (nSPS) is 11.4. The predicted octanol–water partition coefficient (Wildman–Crippen LogP) is 3.47. The highest BCUT2D eigenvalue weighted by molar-refractivity contribution is 14.0. The highest BCUT2D eigenvalue weighted by atomic mass is 127. The highest BCUT2D eigenvalue weighted by Crippen LogP contribution is 2.10. The molecular formula is C15H29IN4S. The fraction of sp³-hybridized carbons (Fsp3) is 0.733. The first-order valence-corrected chi connectivity index (χ1v) is 8.49. The van der Waals surface area contributed by atoms with Crippen molar-refractivity contribution in [1.29, 1.82) is 0 Å². The average Bonchev–Trinajstić information content (AvgIpc) is 2.94. The number of aryl methyl sites for hydroxylation is 1. The molecule has 2 N–H and O–H groups in total. The van der Waals surface area contributed by atoms with Gasteiger partial charge in [0, 0.05) is 31.9 Å². The summed E-state index contributed by atoms with van der Waals surface area (Å²) in [6.07, 6.45) is 4.39. The fourth-order valence-corrected chi connectivity index (χ4v) is 2.75.